The number of ether oxygens (including phenoxy) is 1. The second kappa shape index (κ2) is 24.5. The summed E-state index contributed by atoms with van der Waals surface area (Å²) in [4.78, 5) is 11.0. The summed E-state index contributed by atoms with van der Waals surface area (Å²) in [6.45, 7) is 6.51. The Bertz CT molecular complexity index is 284. The third kappa shape index (κ3) is 25.4. The Kier molecular flexibility index (Phi) is 30.2. The van der Waals surface area contributed by atoms with Crippen LogP contribution in [0.25, 0.3) is 0 Å². The standard InChI is InChI=1S/C21H42O3.2Na.2H/c1-19(2)17-15-13-11-9-7-5-4-6-8-10-12-14-16-18-24-21(23)20(3)22;;;;/h19-20,22H,4-18H2,1-3H3;;;;. The Labute approximate surface area is 207 Å². The summed E-state index contributed by atoms with van der Waals surface area (Å²) in [5, 5.41) is 8.98. The number of hydrogen-bond donors (Lipinski definition) is 1. The first-order chi connectivity index (χ1) is 11.5. The van der Waals surface area contributed by atoms with E-state index >= 15 is 0 Å². The van der Waals surface area contributed by atoms with Gasteiger partial charge in [-0.3, -0.25) is 0 Å². The molecule has 0 bridgehead atoms. The molecule has 0 spiro atoms. The van der Waals surface area contributed by atoms with Crippen molar-refractivity contribution in [2.75, 3.05) is 6.61 Å². The van der Waals surface area contributed by atoms with Gasteiger partial charge in [-0.25, -0.2) is 4.79 Å². The Hall–Kier alpha value is 1.43. The molecule has 0 fully saturated rings. The van der Waals surface area contributed by atoms with Gasteiger partial charge in [-0.15, -0.1) is 0 Å². The zero-order valence-corrected chi connectivity index (χ0v) is 16.5. The first-order valence-corrected chi connectivity index (χ1v) is 10.4. The van der Waals surface area contributed by atoms with Crippen LogP contribution in [0.5, 0.6) is 0 Å². The van der Waals surface area contributed by atoms with Crippen molar-refractivity contribution in [2.24, 2.45) is 5.92 Å². The second-order valence-electron chi connectivity index (χ2n) is 7.62. The van der Waals surface area contributed by atoms with E-state index in [9.17, 15) is 4.79 Å². The van der Waals surface area contributed by atoms with Gasteiger partial charge in [-0.2, -0.15) is 0 Å². The van der Waals surface area contributed by atoms with Crippen LogP contribution in [-0.2, 0) is 9.53 Å². The van der Waals surface area contributed by atoms with Gasteiger partial charge in [-0.1, -0.05) is 97.3 Å². The molecule has 1 N–H and O–H groups in total. The topological polar surface area (TPSA) is 46.5 Å². The Balaban J connectivity index is -0.00000264. The van der Waals surface area contributed by atoms with Gasteiger partial charge in [0.05, 0.1) is 6.61 Å². The fourth-order valence-corrected chi connectivity index (χ4v) is 2.89. The Morgan fingerprint density at radius 3 is 1.38 bits per heavy atom. The third-order valence-corrected chi connectivity index (χ3v) is 4.51. The molecule has 1 unspecified atom stereocenters. The van der Waals surface area contributed by atoms with E-state index in [0.29, 0.717) is 6.61 Å². The van der Waals surface area contributed by atoms with Crippen LogP contribution in [0, 0.1) is 5.92 Å². The van der Waals surface area contributed by atoms with Crippen molar-refractivity contribution in [1.82, 2.24) is 0 Å². The predicted molar refractivity (Wildman–Crippen MR) is 116 cm³/mol. The van der Waals surface area contributed by atoms with Gasteiger partial charge in [0.25, 0.3) is 0 Å². The van der Waals surface area contributed by atoms with E-state index in [2.05, 4.69) is 13.8 Å². The molecule has 0 aliphatic carbocycles. The molecule has 3 nitrogen and oxygen atoms in total. The minimum atomic E-state index is -0.995. The molecule has 5 heteroatoms. The number of hydrogen-bond acceptors (Lipinski definition) is 3. The van der Waals surface area contributed by atoms with Gasteiger partial charge in [0.1, 0.15) is 6.10 Å². The summed E-state index contributed by atoms with van der Waals surface area (Å²) >= 11 is 0. The quantitative estimate of drug-likeness (QED) is 0.222. The molecule has 0 heterocycles. The zero-order valence-electron chi connectivity index (χ0n) is 16.5. The van der Waals surface area contributed by atoms with Crippen molar-refractivity contribution in [1.29, 1.82) is 0 Å². The number of aliphatic hydroxyl groups excluding tert-OH is 1. The van der Waals surface area contributed by atoms with Crippen molar-refractivity contribution < 1.29 is 14.6 Å². The number of esters is 1. The van der Waals surface area contributed by atoms with Crippen LogP contribution in [0.2, 0.25) is 0 Å². The van der Waals surface area contributed by atoms with E-state index in [4.69, 9.17) is 9.84 Å². The molecule has 0 aromatic rings. The molecule has 1 atom stereocenters. The minimum absolute atomic E-state index is 0. The number of aliphatic hydroxyl groups is 1. The summed E-state index contributed by atoms with van der Waals surface area (Å²) < 4.78 is 4.93. The monoisotopic (exact) mass is 390 g/mol. The predicted octanol–water partition coefficient (Wildman–Crippen LogP) is 4.73. The molecule has 0 aliphatic rings. The van der Waals surface area contributed by atoms with E-state index in [-0.39, 0.29) is 59.1 Å². The van der Waals surface area contributed by atoms with Gasteiger partial charge in [0.2, 0.25) is 0 Å². The summed E-state index contributed by atoms with van der Waals surface area (Å²) in [6.07, 6.45) is 17.5. The molecule has 26 heavy (non-hydrogen) atoms. The van der Waals surface area contributed by atoms with Crippen LogP contribution in [0.1, 0.15) is 111 Å². The molecule has 0 rings (SSSR count). The first-order valence-electron chi connectivity index (χ1n) is 10.4. The third-order valence-electron chi connectivity index (χ3n) is 4.51. The molecular formula is C21H44Na2O3. The number of carbonyl (C=O) groups excluding carboxylic acids is 1. The fourth-order valence-electron chi connectivity index (χ4n) is 2.89. The van der Waals surface area contributed by atoms with Crippen molar-refractivity contribution in [3.63, 3.8) is 0 Å². The zero-order chi connectivity index (χ0) is 18.0. The fraction of sp³-hybridized carbons (Fsp3) is 0.952. The van der Waals surface area contributed by atoms with Crippen molar-refractivity contribution in [2.45, 2.75) is 117 Å². The van der Waals surface area contributed by atoms with Crippen LogP contribution < -0.4 is 0 Å². The SMILES string of the molecule is CC(C)CCCCCCCCCCCCCCCOC(=O)C(C)O.[NaH].[NaH]. The molecule has 0 radical (unpaired) electrons. The second-order valence-corrected chi connectivity index (χ2v) is 7.62. The van der Waals surface area contributed by atoms with Crippen LogP contribution in [0.4, 0.5) is 0 Å². The van der Waals surface area contributed by atoms with Crippen LogP contribution in [0.3, 0.4) is 0 Å². The maximum atomic E-state index is 11.0. The summed E-state index contributed by atoms with van der Waals surface area (Å²) in [5.41, 5.74) is 0. The van der Waals surface area contributed by atoms with Gasteiger partial charge in [0.15, 0.2) is 0 Å². The number of carbonyl (C=O) groups is 1. The van der Waals surface area contributed by atoms with E-state index < -0.39 is 12.1 Å². The molecule has 0 aromatic carbocycles. The van der Waals surface area contributed by atoms with E-state index in [1.807, 2.05) is 0 Å². The molecule has 0 amide bonds. The summed E-state index contributed by atoms with van der Waals surface area (Å²) in [6, 6.07) is 0. The maximum absolute atomic E-state index is 11.0. The summed E-state index contributed by atoms with van der Waals surface area (Å²) in [5.74, 6) is 0.360. The Morgan fingerprint density at radius 1 is 0.692 bits per heavy atom. The van der Waals surface area contributed by atoms with E-state index in [1.54, 1.807) is 0 Å². The van der Waals surface area contributed by atoms with Gasteiger partial charge in [-0.05, 0) is 19.3 Å². The molecule has 0 aromatic heterocycles. The van der Waals surface area contributed by atoms with Crippen LogP contribution in [-0.4, -0.2) is 82.9 Å². The normalized spacial score (nSPS) is 11.6. The van der Waals surface area contributed by atoms with Gasteiger partial charge in [0, 0.05) is 0 Å². The number of rotatable bonds is 17. The van der Waals surface area contributed by atoms with Crippen LogP contribution >= 0.6 is 0 Å². The molecule has 0 saturated heterocycles. The number of unbranched alkanes of at least 4 members (excludes halogenated alkanes) is 12. The van der Waals surface area contributed by atoms with Gasteiger partial charge >= 0.3 is 65.1 Å². The Morgan fingerprint density at radius 2 is 1.04 bits per heavy atom. The van der Waals surface area contributed by atoms with E-state index in [1.165, 1.54) is 84.0 Å². The molecule has 0 saturated carbocycles. The van der Waals surface area contributed by atoms with Crippen molar-refractivity contribution in [3.8, 4) is 0 Å². The van der Waals surface area contributed by atoms with Gasteiger partial charge < -0.3 is 9.84 Å². The van der Waals surface area contributed by atoms with Crippen LogP contribution in [0.15, 0.2) is 0 Å². The summed E-state index contributed by atoms with van der Waals surface area (Å²) in [7, 11) is 0. The average molecular weight is 391 g/mol. The van der Waals surface area contributed by atoms with E-state index in [0.717, 1.165) is 18.8 Å². The molecular weight excluding hydrogens is 346 g/mol. The molecule has 148 valence electrons. The van der Waals surface area contributed by atoms with Crippen molar-refractivity contribution in [3.05, 3.63) is 0 Å². The first kappa shape index (κ1) is 32.1. The average Bonchev–Trinajstić information content (AvgIpc) is 2.53. The molecule has 0 aliphatic heterocycles. The van der Waals surface area contributed by atoms with Crippen molar-refractivity contribution >= 4 is 65.1 Å².